The van der Waals surface area contributed by atoms with E-state index in [1.807, 2.05) is 0 Å². The average Bonchev–Trinajstić information content (AvgIpc) is 2.77. The van der Waals surface area contributed by atoms with Crippen LogP contribution in [0.1, 0.15) is 18.2 Å². The van der Waals surface area contributed by atoms with Crippen molar-refractivity contribution < 1.29 is 29.7 Å². The Morgan fingerprint density at radius 3 is 2.50 bits per heavy atom. The van der Waals surface area contributed by atoms with Crippen LogP contribution in [0.2, 0.25) is 0 Å². The Morgan fingerprint density at radius 2 is 2.05 bits per heavy atom. The Kier molecular flexibility index (Phi) is 3.66. The van der Waals surface area contributed by atoms with Crippen LogP contribution in [-0.2, 0) is 9.59 Å². The molecule has 1 aliphatic heterocycles. The standard InChI is InChI=1S/C12H12N2O6/c15-9(7-3-1-2-4-13-7)6-5-8(11(17)18)14(10(6)16)12(19)20/h1-4,6,8-9,15H,5H2,(H,17,18)(H,19,20)/t6?,8-,9?/m0/s1. The number of imide groups is 1. The second-order valence-electron chi connectivity index (χ2n) is 4.39. The van der Waals surface area contributed by atoms with Gasteiger partial charge in [0.1, 0.15) is 12.1 Å². The predicted octanol–water partition coefficient (Wildman–Crippen LogP) is 0.0947. The fourth-order valence-electron chi connectivity index (χ4n) is 2.24. The lowest BCUT2D eigenvalue weighted by Crippen LogP contribution is -2.42. The van der Waals surface area contributed by atoms with Crippen LogP contribution in [0.3, 0.4) is 0 Å². The summed E-state index contributed by atoms with van der Waals surface area (Å²) in [5, 5.41) is 28.0. The van der Waals surface area contributed by atoms with Gasteiger partial charge >= 0.3 is 12.1 Å². The first kappa shape index (κ1) is 13.9. The van der Waals surface area contributed by atoms with Crippen LogP contribution in [0.15, 0.2) is 24.4 Å². The molecule has 0 radical (unpaired) electrons. The summed E-state index contributed by atoms with van der Waals surface area (Å²) in [6, 6.07) is 3.23. The smallest absolute Gasteiger partial charge is 0.414 e. The zero-order chi connectivity index (χ0) is 14.9. The van der Waals surface area contributed by atoms with Crippen LogP contribution in [0.25, 0.3) is 0 Å². The minimum atomic E-state index is -1.64. The van der Waals surface area contributed by atoms with Gasteiger partial charge < -0.3 is 15.3 Å². The maximum atomic E-state index is 12.0. The number of nitrogens with zero attached hydrogens (tertiary/aromatic N) is 2. The molecule has 2 amide bonds. The van der Waals surface area contributed by atoms with Gasteiger partial charge in [-0.3, -0.25) is 9.78 Å². The van der Waals surface area contributed by atoms with Crippen LogP contribution in [0, 0.1) is 5.92 Å². The molecule has 0 bridgehead atoms. The van der Waals surface area contributed by atoms with E-state index in [9.17, 15) is 19.5 Å². The van der Waals surface area contributed by atoms with Gasteiger partial charge in [-0.1, -0.05) is 6.07 Å². The fraction of sp³-hybridized carbons (Fsp3) is 0.333. The molecule has 1 saturated heterocycles. The maximum absolute atomic E-state index is 12.0. The predicted molar refractivity (Wildman–Crippen MR) is 63.6 cm³/mol. The van der Waals surface area contributed by atoms with E-state index in [1.165, 1.54) is 12.3 Å². The SMILES string of the molecule is O=C(O)[C@@H]1CC(C(O)c2ccccn2)C(=O)N1C(=O)O. The number of carboxylic acid groups (broad SMARTS) is 2. The number of aliphatic hydroxyl groups is 1. The Labute approximate surface area is 113 Å². The molecule has 20 heavy (non-hydrogen) atoms. The molecule has 0 aromatic carbocycles. The molecule has 3 N–H and O–H groups in total. The van der Waals surface area contributed by atoms with Gasteiger partial charge in [0.15, 0.2) is 0 Å². The lowest BCUT2D eigenvalue weighted by Gasteiger charge is -2.16. The summed E-state index contributed by atoms with van der Waals surface area (Å²) in [4.78, 5) is 38.1. The Hall–Kier alpha value is -2.48. The van der Waals surface area contributed by atoms with Crippen molar-refractivity contribution in [1.82, 2.24) is 9.88 Å². The van der Waals surface area contributed by atoms with Gasteiger partial charge in [0, 0.05) is 6.20 Å². The lowest BCUT2D eigenvalue weighted by atomic mass is 9.96. The van der Waals surface area contributed by atoms with Crippen LogP contribution in [-0.4, -0.2) is 49.2 Å². The minimum Gasteiger partial charge on any atom is -0.480 e. The molecule has 8 heteroatoms. The van der Waals surface area contributed by atoms with E-state index >= 15 is 0 Å². The number of hydrogen-bond acceptors (Lipinski definition) is 5. The van der Waals surface area contributed by atoms with Crippen molar-refractivity contribution >= 4 is 18.0 Å². The zero-order valence-corrected chi connectivity index (χ0v) is 10.2. The molecular weight excluding hydrogens is 268 g/mol. The van der Waals surface area contributed by atoms with E-state index in [1.54, 1.807) is 12.1 Å². The van der Waals surface area contributed by atoms with Crippen LogP contribution < -0.4 is 0 Å². The number of carbonyl (C=O) groups excluding carboxylic acids is 1. The molecule has 1 aromatic heterocycles. The van der Waals surface area contributed by atoms with Crippen LogP contribution in [0.4, 0.5) is 4.79 Å². The third-order valence-electron chi connectivity index (χ3n) is 3.21. The first-order valence-corrected chi connectivity index (χ1v) is 5.81. The summed E-state index contributed by atoms with van der Waals surface area (Å²) in [5.41, 5.74) is 0.197. The molecule has 2 rings (SSSR count). The van der Waals surface area contributed by atoms with E-state index in [-0.39, 0.29) is 17.0 Å². The van der Waals surface area contributed by atoms with Crippen molar-refractivity contribution in [2.75, 3.05) is 0 Å². The second kappa shape index (κ2) is 5.25. The summed E-state index contributed by atoms with van der Waals surface area (Å²) in [5.74, 6) is -3.48. The van der Waals surface area contributed by atoms with E-state index in [0.717, 1.165) is 0 Å². The molecule has 8 nitrogen and oxygen atoms in total. The highest BCUT2D eigenvalue weighted by molar-refractivity contribution is 6.00. The molecule has 0 aliphatic carbocycles. The molecular formula is C12H12N2O6. The summed E-state index contributed by atoms with van der Waals surface area (Å²) in [6.07, 6.45) is -1.84. The number of carbonyl (C=O) groups is 3. The van der Waals surface area contributed by atoms with Crippen molar-refractivity contribution in [3.63, 3.8) is 0 Å². The molecule has 0 saturated carbocycles. The minimum absolute atomic E-state index is 0.197. The monoisotopic (exact) mass is 280 g/mol. The van der Waals surface area contributed by atoms with E-state index in [4.69, 9.17) is 10.2 Å². The molecule has 1 aliphatic rings. The van der Waals surface area contributed by atoms with Gasteiger partial charge in [0.05, 0.1) is 11.6 Å². The van der Waals surface area contributed by atoms with Crippen molar-refractivity contribution in [3.05, 3.63) is 30.1 Å². The molecule has 2 unspecified atom stereocenters. The van der Waals surface area contributed by atoms with E-state index in [2.05, 4.69) is 4.98 Å². The summed E-state index contributed by atoms with van der Waals surface area (Å²) >= 11 is 0. The van der Waals surface area contributed by atoms with Crippen molar-refractivity contribution in [1.29, 1.82) is 0 Å². The van der Waals surface area contributed by atoms with Crippen molar-refractivity contribution in [3.8, 4) is 0 Å². The van der Waals surface area contributed by atoms with Gasteiger partial charge in [0.25, 0.3) is 0 Å². The van der Waals surface area contributed by atoms with Crippen LogP contribution >= 0.6 is 0 Å². The number of hydrogen-bond donors (Lipinski definition) is 3. The van der Waals surface area contributed by atoms with E-state index < -0.39 is 36.0 Å². The second-order valence-corrected chi connectivity index (χ2v) is 4.39. The Balaban J connectivity index is 2.28. The Bertz CT molecular complexity index is 546. The first-order valence-electron chi connectivity index (χ1n) is 5.81. The number of carboxylic acids is 1. The number of rotatable bonds is 3. The molecule has 2 heterocycles. The number of amides is 2. The van der Waals surface area contributed by atoms with Gasteiger partial charge in [-0.15, -0.1) is 0 Å². The number of pyridine rings is 1. The number of aromatic nitrogens is 1. The molecule has 1 fully saturated rings. The highest BCUT2D eigenvalue weighted by Crippen LogP contribution is 2.34. The molecule has 106 valence electrons. The first-order chi connectivity index (χ1) is 9.43. The Morgan fingerprint density at radius 1 is 1.35 bits per heavy atom. The summed E-state index contributed by atoms with van der Waals surface area (Å²) in [7, 11) is 0. The lowest BCUT2D eigenvalue weighted by molar-refractivity contribution is -0.145. The molecule has 0 spiro atoms. The van der Waals surface area contributed by atoms with Crippen molar-refractivity contribution in [2.24, 2.45) is 5.92 Å². The zero-order valence-electron chi connectivity index (χ0n) is 10.2. The quantitative estimate of drug-likeness (QED) is 0.715. The largest absolute Gasteiger partial charge is 0.480 e. The van der Waals surface area contributed by atoms with Gasteiger partial charge in [-0.05, 0) is 18.6 Å². The third-order valence-corrected chi connectivity index (χ3v) is 3.21. The topological polar surface area (TPSA) is 128 Å². The van der Waals surface area contributed by atoms with Crippen LogP contribution in [0.5, 0.6) is 0 Å². The maximum Gasteiger partial charge on any atom is 0.414 e. The number of aliphatic hydroxyl groups excluding tert-OH is 1. The number of aliphatic carboxylic acids is 1. The molecule has 1 aromatic rings. The number of likely N-dealkylation sites (tertiary alicyclic amines) is 1. The van der Waals surface area contributed by atoms with Gasteiger partial charge in [-0.25, -0.2) is 14.5 Å². The van der Waals surface area contributed by atoms with Gasteiger partial charge in [-0.2, -0.15) is 0 Å². The van der Waals surface area contributed by atoms with E-state index in [0.29, 0.717) is 0 Å². The summed E-state index contributed by atoms with van der Waals surface area (Å²) < 4.78 is 0. The normalized spacial score (nSPS) is 23.6. The van der Waals surface area contributed by atoms with Crippen molar-refractivity contribution in [2.45, 2.75) is 18.6 Å². The summed E-state index contributed by atoms with van der Waals surface area (Å²) in [6.45, 7) is 0. The average molecular weight is 280 g/mol. The van der Waals surface area contributed by atoms with Gasteiger partial charge in [0.2, 0.25) is 5.91 Å². The highest BCUT2D eigenvalue weighted by Gasteiger charge is 2.49. The highest BCUT2D eigenvalue weighted by atomic mass is 16.4. The fourth-order valence-corrected chi connectivity index (χ4v) is 2.24. The molecule has 3 atom stereocenters. The third kappa shape index (κ3) is 2.32.